The average molecular weight is 378 g/mol. The van der Waals surface area contributed by atoms with Crippen LogP contribution in [0.5, 0.6) is 0 Å². The zero-order valence-corrected chi connectivity index (χ0v) is 15.0. The molecule has 0 radical (unpaired) electrons. The minimum Gasteiger partial charge on any atom is -0.366 e. The first-order valence-electron chi connectivity index (χ1n) is 8.61. The number of hydrogen-bond acceptors (Lipinski definition) is 4. The SMILES string of the molecule is NC(=O)c1cc(NC(=O)CN(Cc2cccnc2)c2ccccc2)ccc1F. The zero-order chi connectivity index (χ0) is 19.9. The van der Waals surface area contributed by atoms with Gasteiger partial charge in [0.25, 0.3) is 5.91 Å². The molecule has 0 saturated heterocycles. The van der Waals surface area contributed by atoms with Crippen molar-refractivity contribution in [3.63, 3.8) is 0 Å². The second-order valence-corrected chi connectivity index (χ2v) is 6.16. The molecule has 0 atom stereocenters. The Labute approximate surface area is 161 Å². The van der Waals surface area contributed by atoms with Crippen molar-refractivity contribution in [2.45, 2.75) is 6.54 Å². The van der Waals surface area contributed by atoms with Crippen molar-refractivity contribution >= 4 is 23.2 Å². The highest BCUT2D eigenvalue weighted by Crippen LogP contribution is 2.18. The molecule has 0 saturated carbocycles. The minimum atomic E-state index is -0.893. The fourth-order valence-electron chi connectivity index (χ4n) is 2.76. The van der Waals surface area contributed by atoms with Gasteiger partial charge in [-0.05, 0) is 42.0 Å². The van der Waals surface area contributed by atoms with Crippen LogP contribution in [0, 0.1) is 5.82 Å². The standard InChI is InChI=1S/C21H19FN4O2/c22-19-9-8-16(11-18(19)21(23)28)25-20(27)14-26(17-6-2-1-3-7-17)13-15-5-4-10-24-12-15/h1-12H,13-14H2,(H2,23,28)(H,25,27). The van der Waals surface area contributed by atoms with E-state index in [-0.39, 0.29) is 18.0 Å². The number of amides is 2. The summed E-state index contributed by atoms with van der Waals surface area (Å²) in [5, 5.41) is 2.68. The van der Waals surface area contributed by atoms with E-state index in [1.807, 2.05) is 47.4 Å². The van der Waals surface area contributed by atoms with E-state index in [4.69, 9.17) is 5.73 Å². The summed E-state index contributed by atoms with van der Waals surface area (Å²) in [5.74, 6) is -1.93. The second-order valence-electron chi connectivity index (χ2n) is 6.16. The summed E-state index contributed by atoms with van der Waals surface area (Å²) in [7, 11) is 0. The molecule has 28 heavy (non-hydrogen) atoms. The molecule has 0 unspecified atom stereocenters. The Morgan fingerprint density at radius 3 is 2.54 bits per heavy atom. The first-order chi connectivity index (χ1) is 13.5. The van der Waals surface area contributed by atoms with Crippen LogP contribution in [0.2, 0.25) is 0 Å². The maximum atomic E-state index is 13.6. The number of pyridine rings is 1. The molecule has 0 aliphatic rings. The van der Waals surface area contributed by atoms with Gasteiger partial charge in [0.15, 0.2) is 0 Å². The number of carbonyl (C=O) groups excluding carboxylic acids is 2. The van der Waals surface area contributed by atoms with Gasteiger partial charge >= 0.3 is 0 Å². The van der Waals surface area contributed by atoms with Gasteiger partial charge in [-0.15, -0.1) is 0 Å². The van der Waals surface area contributed by atoms with Crippen molar-refractivity contribution in [1.29, 1.82) is 0 Å². The number of halogens is 1. The number of carbonyl (C=O) groups is 2. The van der Waals surface area contributed by atoms with Gasteiger partial charge in [0.05, 0.1) is 12.1 Å². The van der Waals surface area contributed by atoms with Gasteiger partial charge in [-0.25, -0.2) is 4.39 Å². The average Bonchev–Trinajstić information content (AvgIpc) is 2.70. The molecular formula is C21H19FN4O2. The fraction of sp³-hybridized carbons (Fsp3) is 0.0952. The summed E-state index contributed by atoms with van der Waals surface area (Å²) < 4.78 is 13.6. The molecular weight excluding hydrogens is 359 g/mol. The first-order valence-corrected chi connectivity index (χ1v) is 8.61. The van der Waals surface area contributed by atoms with Crippen LogP contribution in [0.4, 0.5) is 15.8 Å². The van der Waals surface area contributed by atoms with Crippen LogP contribution < -0.4 is 16.0 Å². The van der Waals surface area contributed by atoms with Gasteiger partial charge in [0.1, 0.15) is 5.82 Å². The van der Waals surface area contributed by atoms with Gasteiger partial charge in [-0.1, -0.05) is 24.3 Å². The van der Waals surface area contributed by atoms with Crippen molar-refractivity contribution in [2.24, 2.45) is 5.73 Å². The van der Waals surface area contributed by atoms with E-state index in [0.717, 1.165) is 17.3 Å². The summed E-state index contributed by atoms with van der Waals surface area (Å²) in [5.41, 5.74) is 7.01. The zero-order valence-electron chi connectivity index (χ0n) is 15.0. The molecule has 1 aromatic heterocycles. The van der Waals surface area contributed by atoms with E-state index in [1.54, 1.807) is 12.4 Å². The molecule has 6 nitrogen and oxygen atoms in total. The molecule has 2 aromatic carbocycles. The summed E-state index contributed by atoms with van der Waals surface area (Å²) in [6.45, 7) is 0.545. The molecule has 3 rings (SSSR count). The summed E-state index contributed by atoms with van der Waals surface area (Å²) in [6.07, 6.45) is 3.43. The third-order valence-corrected chi connectivity index (χ3v) is 4.07. The summed E-state index contributed by atoms with van der Waals surface area (Å²) in [6, 6.07) is 17.0. The van der Waals surface area contributed by atoms with Gasteiger partial charge in [-0.3, -0.25) is 14.6 Å². The fourth-order valence-corrected chi connectivity index (χ4v) is 2.76. The topological polar surface area (TPSA) is 88.3 Å². The molecule has 3 N–H and O–H groups in total. The van der Waals surface area contributed by atoms with Crippen LogP contribution in [0.25, 0.3) is 0 Å². The number of aromatic nitrogens is 1. The Balaban J connectivity index is 1.76. The minimum absolute atomic E-state index is 0.0577. The highest BCUT2D eigenvalue weighted by molar-refractivity contribution is 5.97. The predicted molar refractivity (Wildman–Crippen MR) is 105 cm³/mol. The van der Waals surface area contributed by atoms with E-state index in [0.29, 0.717) is 12.2 Å². The van der Waals surface area contributed by atoms with Crippen LogP contribution in [0.15, 0.2) is 73.1 Å². The third-order valence-electron chi connectivity index (χ3n) is 4.07. The first kappa shape index (κ1) is 19.0. The van der Waals surface area contributed by atoms with Gasteiger partial charge < -0.3 is 16.0 Å². The number of anilines is 2. The smallest absolute Gasteiger partial charge is 0.251 e. The molecule has 0 aliphatic heterocycles. The molecule has 0 fully saturated rings. The van der Waals surface area contributed by atoms with Crippen LogP contribution in [0.3, 0.4) is 0 Å². The Hall–Kier alpha value is -3.74. The van der Waals surface area contributed by atoms with Crippen LogP contribution >= 0.6 is 0 Å². The van der Waals surface area contributed by atoms with E-state index >= 15 is 0 Å². The van der Waals surface area contributed by atoms with Crippen LogP contribution in [-0.2, 0) is 11.3 Å². The van der Waals surface area contributed by atoms with Crippen molar-refractivity contribution < 1.29 is 14.0 Å². The van der Waals surface area contributed by atoms with Crippen LogP contribution in [-0.4, -0.2) is 23.3 Å². The Morgan fingerprint density at radius 2 is 1.86 bits per heavy atom. The normalized spacial score (nSPS) is 10.3. The number of hydrogen-bond donors (Lipinski definition) is 2. The number of nitrogens with two attached hydrogens (primary N) is 1. The lowest BCUT2D eigenvalue weighted by Crippen LogP contribution is -2.33. The van der Waals surface area contributed by atoms with E-state index < -0.39 is 11.7 Å². The van der Waals surface area contributed by atoms with E-state index in [2.05, 4.69) is 10.3 Å². The molecule has 1 heterocycles. The Morgan fingerprint density at radius 1 is 1.07 bits per heavy atom. The number of primary amides is 1. The molecule has 0 aliphatic carbocycles. The maximum absolute atomic E-state index is 13.6. The highest BCUT2D eigenvalue weighted by Gasteiger charge is 2.14. The maximum Gasteiger partial charge on any atom is 0.251 e. The van der Waals surface area contributed by atoms with Crippen LogP contribution in [0.1, 0.15) is 15.9 Å². The quantitative estimate of drug-likeness (QED) is 0.662. The molecule has 0 bridgehead atoms. The Kier molecular flexibility index (Phi) is 5.96. The summed E-state index contributed by atoms with van der Waals surface area (Å²) in [4.78, 5) is 29.9. The lowest BCUT2D eigenvalue weighted by Gasteiger charge is -2.24. The van der Waals surface area contributed by atoms with E-state index in [9.17, 15) is 14.0 Å². The second kappa shape index (κ2) is 8.77. The largest absolute Gasteiger partial charge is 0.366 e. The number of nitrogens with one attached hydrogen (secondary N) is 1. The number of para-hydroxylation sites is 1. The lowest BCUT2D eigenvalue weighted by molar-refractivity contribution is -0.115. The molecule has 2 amide bonds. The van der Waals surface area contributed by atoms with Gasteiger partial charge in [0.2, 0.25) is 5.91 Å². The Bertz CT molecular complexity index is 965. The third kappa shape index (κ3) is 4.91. The molecule has 3 aromatic rings. The lowest BCUT2D eigenvalue weighted by atomic mass is 10.1. The number of nitrogens with zero attached hydrogens (tertiary/aromatic N) is 2. The molecule has 142 valence electrons. The molecule has 7 heteroatoms. The van der Waals surface area contributed by atoms with Crippen molar-refractivity contribution in [2.75, 3.05) is 16.8 Å². The van der Waals surface area contributed by atoms with Crippen molar-refractivity contribution in [3.05, 3.63) is 90.0 Å². The predicted octanol–water partition coefficient (Wildman–Crippen LogP) is 2.96. The summed E-state index contributed by atoms with van der Waals surface area (Å²) >= 11 is 0. The number of rotatable bonds is 7. The van der Waals surface area contributed by atoms with E-state index in [1.165, 1.54) is 12.1 Å². The van der Waals surface area contributed by atoms with Gasteiger partial charge in [0, 0.05) is 30.3 Å². The molecule has 0 spiro atoms. The monoisotopic (exact) mass is 378 g/mol. The highest BCUT2D eigenvalue weighted by atomic mass is 19.1. The van der Waals surface area contributed by atoms with Crippen molar-refractivity contribution in [1.82, 2.24) is 4.98 Å². The van der Waals surface area contributed by atoms with Crippen molar-refractivity contribution in [3.8, 4) is 0 Å². The van der Waals surface area contributed by atoms with Gasteiger partial charge in [-0.2, -0.15) is 0 Å². The number of benzene rings is 2.